The Morgan fingerprint density at radius 3 is 2.57 bits per heavy atom. The van der Waals surface area contributed by atoms with Crippen molar-refractivity contribution >= 4 is 11.6 Å². The Kier molecular flexibility index (Phi) is 5.43. The van der Waals surface area contributed by atoms with Crippen LogP contribution >= 0.6 is 0 Å². The van der Waals surface area contributed by atoms with Crippen LogP contribution in [0.15, 0.2) is 48.5 Å². The summed E-state index contributed by atoms with van der Waals surface area (Å²) in [5.41, 5.74) is 1.69. The molecule has 1 atom stereocenters. The van der Waals surface area contributed by atoms with Crippen LogP contribution in [0.25, 0.3) is 0 Å². The minimum absolute atomic E-state index is 0.0430. The van der Waals surface area contributed by atoms with Crippen LogP contribution in [0.1, 0.15) is 34.0 Å². The quantitative estimate of drug-likeness (QED) is 0.633. The topological polar surface area (TPSA) is 92.5 Å². The number of nitro groups is 1. The molecule has 1 amide bonds. The number of aliphatic hydroxyl groups is 1. The first-order valence-electron chi connectivity index (χ1n) is 7.25. The Balaban J connectivity index is 1.91. The molecule has 23 heavy (non-hydrogen) atoms. The number of benzene rings is 2. The third kappa shape index (κ3) is 4.37. The Hall–Kier alpha value is -2.73. The highest BCUT2D eigenvalue weighted by molar-refractivity contribution is 5.95. The summed E-state index contributed by atoms with van der Waals surface area (Å²) in [5.74, 6) is -0.308. The largest absolute Gasteiger partial charge is 0.388 e. The van der Waals surface area contributed by atoms with Gasteiger partial charge in [-0.25, -0.2) is 0 Å². The average molecular weight is 314 g/mol. The van der Waals surface area contributed by atoms with Crippen LogP contribution in [0.4, 0.5) is 5.69 Å². The molecule has 0 radical (unpaired) electrons. The van der Waals surface area contributed by atoms with Crippen molar-refractivity contribution in [3.8, 4) is 0 Å². The molecule has 2 N–H and O–H groups in total. The van der Waals surface area contributed by atoms with E-state index >= 15 is 0 Å². The lowest BCUT2D eigenvalue weighted by Crippen LogP contribution is -2.26. The van der Waals surface area contributed by atoms with Gasteiger partial charge in [0, 0.05) is 24.2 Å². The van der Waals surface area contributed by atoms with E-state index in [-0.39, 0.29) is 11.6 Å². The molecule has 0 saturated carbocycles. The van der Waals surface area contributed by atoms with Gasteiger partial charge in [0.1, 0.15) is 0 Å². The van der Waals surface area contributed by atoms with Crippen molar-refractivity contribution < 1.29 is 14.8 Å². The number of nitrogens with zero attached hydrogens (tertiary/aromatic N) is 1. The first-order chi connectivity index (χ1) is 11.0. The van der Waals surface area contributed by atoms with E-state index in [0.29, 0.717) is 24.1 Å². The smallest absolute Gasteiger partial charge is 0.269 e. The lowest BCUT2D eigenvalue weighted by atomic mass is 10.1. The molecular weight excluding hydrogens is 296 g/mol. The van der Waals surface area contributed by atoms with Crippen molar-refractivity contribution in [1.82, 2.24) is 5.32 Å². The summed E-state index contributed by atoms with van der Waals surface area (Å²) < 4.78 is 0. The number of amides is 1. The Morgan fingerprint density at radius 1 is 1.26 bits per heavy atom. The molecule has 0 spiro atoms. The van der Waals surface area contributed by atoms with Gasteiger partial charge in [-0.05, 0) is 30.5 Å². The van der Waals surface area contributed by atoms with Crippen LogP contribution in [0.2, 0.25) is 0 Å². The molecule has 2 rings (SSSR count). The van der Waals surface area contributed by atoms with Gasteiger partial charge in [0.2, 0.25) is 0 Å². The summed E-state index contributed by atoms with van der Waals surface area (Å²) in [5, 5.41) is 23.4. The van der Waals surface area contributed by atoms with Gasteiger partial charge in [-0.1, -0.05) is 30.3 Å². The number of carbonyl (C=O) groups is 1. The van der Waals surface area contributed by atoms with Gasteiger partial charge in [0.15, 0.2) is 0 Å². The number of rotatable bonds is 6. The van der Waals surface area contributed by atoms with E-state index in [1.807, 2.05) is 30.3 Å². The van der Waals surface area contributed by atoms with Crippen molar-refractivity contribution in [2.24, 2.45) is 0 Å². The van der Waals surface area contributed by atoms with Gasteiger partial charge < -0.3 is 10.4 Å². The number of aryl methyl sites for hydroxylation is 1. The highest BCUT2D eigenvalue weighted by atomic mass is 16.6. The number of non-ortho nitro benzene ring substituents is 1. The Morgan fingerprint density at radius 2 is 1.96 bits per heavy atom. The summed E-state index contributed by atoms with van der Waals surface area (Å²) in [6, 6.07) is 13.3. The first kappa shape index (κ1) is 16.6. The molecule has 0 bridgehead atoms. The van der Waals surface area contributed by atoms with Crippen molar-refractivity contribution in [3.63, 3.8) is 0 Å². The Labute approximate surface area is 133 Å². The highest BCUT2D eigenvalue weighted by Crippen LogP contribution is 2.18. The standard InChI is InChI=1S/C17H18N2O4/c1-12-11-14(19(22)23)7-8-15(12)17(21)18-10-9-16(20)13-5-3-2-4-6-13/h2-8,11,16,20H,9-10H2,1H3,(H,18,21). The zero-order valence-electron chi connectivity index (χ0n) is 12.7. The molecule has 0 fully saturated rings. The minimum atomic E-state index is -0.644. The minimum Gasteiger partial charge on any atom is -0.388 e. The fourth-order valence-electron chi connectivity index (χ4n) is 2.28. The molecule has 6 nitrogen and oxygen atoms in total. The van der Waals surface area contributed by atoms with Gasteiger partial charge in [0.25, 0.3) is 11.6 Å². The van der Waals surface area contributed by atoms with Gasteiger partial charge in [0.05, 0.1) is 11.0 Å². The third-order valence-electron chi connectivity index (χ3n) is 3.55. The van der Waals surface area contributed by atoms with Gasteiger partial charge in [-0.3, -0.25) is 14.9 Å². The van der Waals surface area contributed by atoms with Crippen LogP contribution in [0.5, 0.6) is 0 Å². The average Bonchev–Trinajstić information content (AvgIpc) is 2.55. The summed E-state index contributed by atoms with van der Waals surface area (Å²) >= 11 is 0. The lowest BCUT2D eigenvalue weighted by Gasteiger charge is -2.12. The molecule has 120 valence electrons. The van der Waals surface area contributed by atoms with E-state index in [4.69, 9.17) is 0 Å². The number of hydrogen-bond acceptors (Lipinski definition) is 4. The maximum Gasteiger partial charge on any atom is 0.269 e. The van der Waals surface area contributed by atoms with Gasteiger partial charge in [-0.15, -0.1) is 0 Å². The molecule has 0 aromatic heterocycles. The molecule has 2 aromatic rings. The van der Waals surface area contributed by atoms with E-state index < -0.39 is 11.0 Å². The fourth-order valence-corrected chi connectivity index (χ4v) is 2.28. The summed E-state index contributed by atoms with van der Waals surface area (Å²) in [7, 11) is 0. The number of aliphatic hydroxyl groups excluding tert-OH is 1. The van der Waals surface area contributed by atoms with E-state index in [1.54, 1.807) is 6.92 Å². The van der Waals surface area contributed by atoms with Crippen LogP contribution in [-0.2, 0) is 0 Å². The molecule has 0 aliphatic carbocycles. The van der Waals surface area contributed by atoms with E-state index in [9.17, 15) is 20.0 Å². The number of hydrogen-bond donors (Lipinski definition) is 2. The summed E-state index contributed by atoms with van der Waals surface area (Å²) in [6.07, 6.45) is -0.253. The SMILES string of the molecule is Cc1cc([N+](=O)[O-])ccc1C(=O)NCCC(O)c1ccccc1. The molecule has 0 aliphatic heterocycles. The first-order valence-corrected chi connectivity index (χ1v) is 7.25. The zero-order chi connectivity index (χ0) is 16.8. The van der Waals surface area contributed by atoms with Crippen molar-refractivity contribution in [2.75, 3.05) is 6.54 Å². The Bertz CT molecular complexity index is 701. The van der Waals surface area contributed by atoms with Crippen LogP contribution in [0.3, 0.4) is 0 Å². The predicted octanol–water partition coefficient (Wildman–Crippen LogP) is 2.76. The van der Waals surface area contributed by atoms with Crippen LogP contribution in [0, 0.1) is 17.0 Å². The second kappa shape index (κ2) is 7.51. The zero-order valence-corrected chi connectivity index (χ0v) is 12.7. The molecule has 1 unspecified atom stereocenters. The summed E-state index contributed by atoms with van der Waals surface area (Å²) in [4.78, 5) is 22.3. The maximum atomic E-state index is 12.1. The second-order valence-corrected chi connectivity index (χ2v) is 5.23. The lowest BCUT2D eigenvalue weighted by molar-refractivity contribution is -0.384. The fraction of sp³-hybridized carbons (Fsp3) is 0.235. The van der Waals surface area contributed by atoms with Crippen molar-refractivity contribution in [1.29, 1.82) is 0 Å². The van der Waals surface area contributed by atoms with Crippen LogP contribution in [-0.4, -0.2) is 22.5 Å². The summed E-state index contributed by atoms with van der Waals surface area (Å²) in [6.45, 7) is 1.96. The monoisotopic (exact) mass is 314 g/mol. The molecule has 0 heterocycles. The van der Waals surface area contributed by atoms with E-state index in [1.165, 1.54) is 18.2 Å². The molecule has 0 aliphatic rings. The predicted molar refractivity (Wildman–Crippen MR) is 86.2 cm³/mol. The van der Waals surface area contributed by atoms with Crippen LogP contribution < -0.4 is 5.32 Å². The van der Waals surface area contributed by atoms with E-state index in [2.05, 4.69) is 5.32 Å². The normalized spacial score (nSPS) is 11.7. The third-order valence-corrected chi connectivity index (χ3v) is 3.55. The van der Waals surface area contributed by atoms with Gasteiger partial charge in [-0.2, -0.15) is 0 Å². The molecule has 2 aromatic carbocycles. The van der Waals surface area contributed by atoms with Crippen molar-refractivity contribution in [3.05, 3.63) is 75.3 Å². The molecule has 0 saturated heterocycles. The van der Waals surface area contributed by atoms with Crippen molar-refractivity contribution in [2.45, 2.75) is 19.4 Å². The number of nitro benzene ring substituents is 1. The highest BCUT2D eigenvalue weighted by Gasteiger charge is 2.14. The molecular formula is C17H18N2O4. The number of nitrogens with one attached hydrogen (secondary N) is 1. The second-order valence-electron chi connectivity index (χ2n) is 5.23. The number of carbonyl (C=O) groups excluding carboxylic acids is 1. The molecule has 6 heteroatoms. The maximum absolute atomic E-state index is 12.1. The van der Waals surface area contributed by atoms with E-state index in [0.717, 1.165) is 5.56 Å². The van der Waals surface area contributed by atoms with Gasteiger partial charge >= 0.3 is 0 Å².